The number of carboxylic acid groups (broad SMARTS) is 1. The van der Waals surface area contributed by atoms with Gasteiger partial charge in [-0.05, 0) is 61.6 Å². The van der Waals surface area contributed by atoms with E-state index in [-0.39, 0.29) is 24.9 Å². The van der Waals surface area contributed by atoms with Gasteiger partial charge in [-0.2, -0.15) is 0 Å². The lowest BCUT2D eigenvalue weighted by molar-refractivity contribution is -0.142. The van der Waals surface area contributed by atoms with Gasteiger partial charge in [-0.15, -0.1) is 0 Å². The number of ether oxygens (including phenoxy) is 1. The van der Waals surface area contributed by atoms with E-state index < -0.39 is 12.0 Å². The van der Waals surface area contributed by atoms with Crippen molar-refractivity contribution in [2.24, 2.45) is 5.92 Å². The summed E-state index contributed by atoms with van der Waals surface area (Å²) in [5.74, 6) is 0.362. The van der Waals surface area contributed by atoms with Crippen LogP contribution in [0.5, 0.6) is 0 Å². The lowest BCUT2D eigenvalue weighted by Crippen LogP contribution is -2.42. The first-order valence-corrected chi connectivity index (χ1v) is 12.0. The highest BCUT2D eigenvalue weighted by atomic mass is 16.5. The zero-order chi connectivity index (χ0) is 23.0. The minimum Gasteiger partial charge on any atom is -0.480 e. The van der Waals surface area contributed by atoms with Gasteiger partial charge in [-0.25, -0.2) is 9.78 Å². The molecule has 0 radical (unpaired) electrons. The molecule has 1 aromatic carbocycles. The Morgan fingerprint density at radius 3 is 2.79 bits per heavy atom. The van der Waals surface area contributed by atoms with E-state index in [1.165, 1.54) is 12.0 Å². The summed E-state index contributed by atoms with van der Waals surface area (Å²) in [6, 6.07) is 12.7. The van der Waals surface area contributed by atoms with Crippen LogP contribution in [0.2, 0.25) is 0 Å². The SMILES string of the molecule is O=C(Cc1ccccc1)NC(CCOC1CC(CCc2ccc3c(n2)NCCC3)C1)C(=O)O. The molecule has 1 saturated carbocycles. The van der Waals surface area contributed by atoms with E-state index in [4.69, 9.17) is 9.72 Å². The number of carbonyl (C=O) groups is 2. The van der Waals surface area contributed by atoms with E-state index in [1.54, 1.807) is 0 Å². The minimum atomic E-state index is -1.03. The van der Waals surface area contributed by atoms with Gasteiger partial charge in [0.25, 0.3) is 0 Å². The van der Waals surface area contributed by atoms with Gasteiger partial charge in [0.1, 0.15) is 11.9 Å². The molecule has 0 spiro atoms. The van der Waals surface area contributed by atoms with Gasteiger partial charge >= 0.3 is 5.97 Å². The van der Waals surface area contributed by atoms with Crippen LogP contribution in [0.3, 0.4) is 0 Å². The number of carboxylic acids is 1. The number of anilines is 1. The van der Waals surface area contributed by atoms with Crippen LogP contribution in [0.4, 0.5) is 5.82 Å². The van der Waals surface area contributed by atoms with E-state index in [2.05, 4.69) is 22.8 Å². The molecule has 1 unspecified atom stereocenters. The highest BCUT2D eigenvalue weighted by molar-refractivity contribution is 5.84. The molecule has 1 atom stereocenters. The normalized spacial score (nSPS) is 20.1. The fraction of sp³-hybridized carbons (Fsp3) is 0.500. The number of aliphatic carboxylic acids is 1. The van der Waals surface area contributed by atoms with Crippen molar-refractivity contribution in [1.29, 1.82) is 0 Å². The average Bonchev–Trinajstić information content (AvgIpc) is 2.79. The summed E-state index contributed by atoms with van der Waals surface area (Å²) in [5, 5.41) is 15.4. The van der Waals surface area contributed by atoms with Crippen LogP contribution in [0.25, 0.3) is 0 Å². The molecule has 1 aliphatic carbocycles. The number of rotatable bonds is 11. The summed E-state index contributed by atoms with van der Waals surface area (Å²) >= 11 is 0. The monoisotopic (exact) mass is 451 g/mol. The van der Waals surface area contributed by atoms with Crippen LogP contribution in [0.1, 0.15) is 48.9 Å². The van der Waals surface area contributed by atoms with Crippen LogP contribution in [0.15, 0.2) is 42.5 Å². The molecule has 3 N–H and O–H groups in total. The van der Waals surface area contributed by atoms with Crippen molar-refractivity contribution in [3.05, 3.63) is 59.3 Å². The lowest BCUT2D eigenvalue weighted by Gasteiger charge is -2.35. The number of benzene rings is 1. The van der Waals surface area contributed by atoms with Crippen molar-refractivity contribution in [2.75, 3.05) is 18.5 Å². The quantitative estimate of drug-likeness (QED) is 0.484. The third-order valence-corrected chi connectivity index (χ3v) is 6.55. The summed E-state index contributed by atoms with van der Waals surface area (Å²) in [7, 11) is 0. The van der Waals surface area contributed by atoms with Crippen LogP contribution in [0, 0.1) is 5.92 Å². The number of aromatic nitrogens is 1. The third kappa shape index (κ3) is 6.78. The first kappa shape index (κ1) is 23.2. The van der Waals surface area contributed by atoms with Gasteiger partial charge in [0.05, 0.1) is 12.5 Å². The van der Waals surface area contributed by atoms with Crippen molar-refractivity contribution < 1.29 is 19.4 Å². The molecule has 4 rings (SSSR count). The number of fused-ring (bicyclic) bond motifs is 1. The average molecular weight is 452 g/mol. The highest BCUT2D eigenvalue weighted by Gasteiger charge is 2.30. The summed E-state index contributed by atoms with van der Waals surface area (Å²) in [4.78, 5) is 28.5. The van der Waals surface area contributed by atoms with E-state index >= 15 is 0 Å². The number of pyridine rings is 1. The Labute approximate surface area is 195 Å². The second kappa shape index (κ2) is 11.3. The number of aryl methyl sites for hydroxylation is 2. The molecule has 1 fully saturated rings. The summed E-state index contributed by atoms with van der Waals surface area (Å²) in [5.41, 5.74) is 3.32. The third-order valence-electron chi connectivity index (χ3n) is 6.55. The van der Waals surface area contributed by atoms with Gasteiger partial charge in [-0.1, -0.05) is 36.4 Å². The molecule has 0 saturated heterocycles. The Morgan fingerprint density at radius 2 is 2.00 bits per heavy atom. The predicted octanol–water partition coefficient (Wildman–Crippen LogP) is 3.37. The van der Waals surface area contributed by atoms with Gasteiger partial charge in [0.2, 0.25) is 5.91 Å². The Hall–Kier alpha value is -2.93. The molecule has 7 heteroatoms. The van der Waals surface area contributed by atoms with Crippen LogP contribution in [-0.2, 0) is 33.6 Å². The van der Waals surface area contributed by atoms with E-state index in [1.807, 2.05) is 30.3 Å². The summed E-state index contributed by atoms with van der Waals surface area (Å²) in [6.07, 6.45) is 6.97. The minimum absolute atomic E-state index is 0.172. The highest BCUT2D eigenvalue weighted by Crippen LogP contribution is 2.34. The van der Waals surface area contributed by atoms with Gasteiger partial charge in [0.15, 0.2) is 0 Å². The molecule has 1 aromatic heterocycles. The number of hydrogen-bond acceptors (Lipinski definition) is 5. The molecule has 2 heterocycles. The Kier molecular flexibility index (Phi) is 7.94. The standard InChI is InChI=1S/C26H33N3O4/c30-24(17-18-5-2-1-3-6-18)29-23(26(31)32)12-14-33-22-15-19(16-22)8-10-21-11-9-20-7-4-13-27-25(20)28-21/h1-3,5-6,9,11,19,22-23H,4,7-8,10,12-17H2,(H,27,28)(H,29,30)(H,31,32). The largest absolute Gasteiger partial charge is 0.480 e. The van der Waals surface area contributed by atoms with Crippen molar-refractivity contribution in [3.63, 3.8) is 0 Å². The molecule has 176 valence electrons. The smallest absolute Gasteiger partial charge is 0.326 e. The Morgan fingerprint density at radius 1 is 1.18 bits per heavy atom. The summed E-state index contributed by atoms with van der Waals surface area (Å²) < 4.78 is 5.87. The van der Waals surface area contributed by atoms with Crippen LogP contribution in [-0.4, -0.2) is 47.3 Å². The number of hydrogen-bond donors (Lipinski definition) is 3. The number of amides is 1. The molecular formula is C26H33N3O4. The second-order valence-electron chi connectivity index (χ2n) is 9.12. The lowest BCUT2D eigenvalue weighted by atomic mass is 9.79. The van der Waals surface area contributed by atoms with E-state index in [0.717, 1.165) is 55.7 Å². The van der Waals surface area contributed by atoms with Crippen LogP contribution < -0.4 is 10.6 Å². The van der Waals surface area contributed by atoms with Crippen LogP contribution >= 0.6 is 0 Å². The van der Waals surface area contributed by atoms with E-state index in [9.17, 15) is 14.7 Å². The van der Waals surface area contributed by atoms with Gasteiger partial charge in [0, 0.05) is 25.3 Å². The molecule has 2 aromatic rings. The number of nitrogens with one attached hydrogen (secondary N) is 2. The van der Waals surface area contributed by atoms with Gasteiger partial charge in [-0.3, -0.25) is 4.79 Å². The fourth-order valence-corrected chi connectivity index (χ4v) is 4.54. The fourth-order valence-electron chi connectivity index (χ4n) is 4.54. The molecule has 1 amide bonds. The number of nitrogens with zero attached hydrogens (tertiary/aromatic N) is 1. The summed E-state index contributed by atoms with van der Waals surface area (Å²) in [6.45, 7) is 1.34. The molecule has 2 aliphatic rings. The van der Waals surface area contributed by atoms with E-state index in [0.29, 0.717) is 12.5 Å². The predicted molar refractivity (Wildman–Crippen MR) is 126 cm³/mol. The number of carbonyl (C=O) groups excluding carboxylic acids is 1. The Bertz CT molecular complexity index is 944. The first-order chi connectivity index (χ1) is 16.1. The first-order valence-electron chi connectivity index (χ1n) is 12.0. The molecule has 0 bridgehead atoms. The van der Waals surface area contributed by atoms with Crippen molar-refractivity contribution in [2.45, 2.75) is 63.5 Å². The van der Waals surface area contributed by atoms with Crippen molar-refractivity contribution >= 4 is 17.7 Å². The second-order valence-corrected chi connectivity index (χ2v) is 9.12. The maximum atomic E-state index is 12.2. The molecule has 7 nitrogen and oxygen atoms in total. The molecular weight excluding hydrogens is 418 g/mol. The molecule has 33 heavy (non-hydrogen) atoms. The maximum Gasteiger partial charge on any atom is 0.326 e. The maximum absolute atomic E-state index is 12.2. The Balaban J connectivity index is 1.12. The zero-order valence-electron chi connectivity index (χ0n) is 19.0. The van der Waals surface area contributed by atoms with Gasteiger partial charge < -0.3 is 20.5 Å². The molecule has 1 aliphatic heterocycles. The topological polar surface area (TPSA) is 101 Å². The van der Waals surface area contributed by atoms with Crippen molar-refractivity contribution in [1.82, 2.24) is 10.3 Å². The van der Waals surface area contributed by atoms with Crippen molar-refractivity contribution in [3.8, 4) is 0 Å². The zero-order valence-corrected chi connectivity index (χ0v) is 19.0.